The number of aliphatic carboxylic acids is 1. The van der Waals surface area contributed by atoms with Gasteiger partial charge in [-0.15, -0.1) is 0 Å². The molecule has 4 atom stereocenters. The van der Waals surface area contributed by atoms with Crippen LogP contribution in [0.4, 0.5) is 13.2 Å². The van der Waals surface area contributed by atoms with Gasteiger partial charge in [-0.1, -0.05) is 48.2 Å². The Kier molecular flexibility index (Phi) is 20.1. The van der Waals surface area contributed by atoms with Crippen LogP contribution in [-0.2, 0) is 51.3 Å². The van der Waals surface area contributed by atoms with Gasteiger partial charge in [0, 0.05) is 11.1 Å². The normalized spacial score (nSPS) is 19.0. The van der Waals surface area contributed by atoms with Gasteiger partial charge in [-0.2, -0.15) is 13.2 Å². The smallest absolute Gasteiger partial charge is 0.446 e. The largest absolute Gasteiger partial charge is 0.479 e. The number of rotatable bonds is 16. The summed E-state index contributed by atoms with van der Waals surface area (Å²) >= 11 is 0. The molecule has 376 valence electrons. The van der Waals surface area contributed by atoms with Crippen molar-refractivity contribution in [2.24, 2.45) is 11.8 Å². The molecule has 0 bridgehead atoms. The second-order valence-electron chi connectivity index (χ2n) is 19.8. The van der Waals surface area contributed by atoms with Crippen LogP contribution in [0, 0.1) is 39.5 Å². The van der Waals surface area contributed by atoms with E-state index in [9.17, 15) is 27.9 Å². The first-order valence-electron chi connectivity index (χ1n) is 23.3. The van der Waals surface area contributed by atoms with Crippen molar-refractivity contribution in [3.8, 4) is 22.9 Å². The maximum Gasteiger partial charge on any atom is 0.446 e. The predicted molar refractivity (Wildman–Crippen MR) is 250 cm³/mol. The molecule has 2 saturated carbocycles. The Morgan fingerprint density at radius 3 is 1.40 bits per heavy atom. The highest BCUT2D eigenvalue weighted by Gasteiger charge is 2.36. The number of aromatic nitrogens is 2. The Balaban J connectivity index is 0.000000266. The standard InChI is InChI=1S/C27H39NO5.C23H31NO5.C2HF3O/c1-18-11-13-21(14-12-18)24-28-23(19(2)32-24)17-30-22-10-8-9-20(15-22)16-31-27(6,7)25(29)33-26(3,4)5;1-15-8-10-18(11-9-15)21-24-20(16(2)29-21)14-27-19-7-5-6-17(12-19)13-28-23(3,4)22(25)26;3-2(4,5)1-6/h11-14,20,22H,8-10,15-17H2,1-7H3;8-11,17,19H,5-7,12-14H2,1-4H3,(H,25,26);1H. The van der Waals surface area contributed by atoms with Crippen molar-refractivity contribution in [2.45, 2.75) is 176 Å². The molecular formula is C52H71F3N2O11. The number of carboxylic acids is 1. The van der Waals surface area contributed by atoms with E-state index in [0.29, 0.717) is 50.0 Å². The number of nitrogens with zero attached hydrogens (tertiary/aromatic N) is 2. The lowest BCUT2D eigenvalue weighted by molar-refractivity contribution is -0.181. The van der Waals surface area contributed by atoms with Crippen LogP contribution >= 0.6 is 0 Å². The first kappa shape index (κ1) is 55.7. The van der Waals surface area contributed by atoms with Gasteiger partial charge in [0.15, 0.2) is 11.2 Å². The number of benzene rings is 2. The van der Waals surface area contributed by atoms with E-state index in [1.807, 2.05) is 71.0 Å². The topological polar surface area (TPSA) is 170 Å². The fourth-order valence-electron chi connectivity index (χ4n) is 7.42. The number of esters is 1. The summed E-state index contributed by atoms with van der Waals surface area (Å²) in [5.41, 5.74) is 3.35. The second-order valence-corrected chi connectivity index (χ2v) is 19.8. The number of hydrogen-bond donors (Lipinski definition) is 1. The highest BCUT2D eigenvalue weighted by atomic mass is 19.4. The molecule has 2 aliphatic rings. The number of carbonyl (C=O) groups is 3. The Morgan fingerprint density at radius 1 is 0.662 bits per heavy atom. The summed E-state index contributed by atoms with van der Waals surface area (Å²) in [5.74, 6) is 2.22. The molecule has 0 spiro atoms. The van der Waals surface area contributed by atoms with E-state index in [1.165, 1.54) is 11.1 Å². The van der Waals surface area contributed by atoms with Gasteiger partial charge in [0.2, 0.25) is 18.1 Å². The number of halogens is 3. The first-order valence-corrected chi connectivity index (χ1v) is 23.3. The number of ether oxygens (including phenoxy) is 5. The summed E-state index contributed by atoms with van der Waals surface area (Å²) in [6, 6.07) is 16.3. The minimum atomic E-state index is -4.64. The third kappa shape index (κ3) is 18.5. The highest BCUT2D eigenvalue weighted by molar-refractivity contribution is 5.79. The predicted octanol–water partition coefficient (Wildman–Crippen LogP) is 11.8. The maximum absolute atomic E-state index is 12.4. The van der Waals surface area contributed by atoms with Crippen LogP contribution < -0.4 is 0 Å². The van der Waals surface area contributed by atoms with Crippen molar-refractivity contribution in [3.05, 3.63) is 82.6 Å². The van der Waals surface area contributed by atoms with Crippen molar-refractivity contribution in [1.29, 1.82) is 0 Å². The van der Waals surface area contributed by atoms with E-state index in [4.69, 9.17) is 37.3 Å². The third-order valence-corrected chi connectivity index (χ3v) is 11.7. The minimum absolute atomic E-state index is 0.129. The van der Waals surface area contributed by atoms with Gasteiger partial charge >= 0.3 is 18.1 Å². The molecular weight excluding hydrogens is 886 g/mol. The van der Waals surface area contributed by atoms with Crippen molar-refractivity contribution in [1.82, 2.24) is 9.97 Å². The summed E-state index contributed by atoms with van der Waals surface area (Å²) < 4.78 is 72.5. The summed E-state index contributed by atoms with van der Waals surface area (Å²) in [7, 11) is 0. The number of carbonyl (C=O) groups excluding carboxylic acids is 2. The molecule has 0 amide bonds. The van der Waals surface area contributed by atoms with Gasteiger partial charge in [0.1, 0.15) is 28.5 Å². The average molecular weight is 957 g/mol. The number of alkyl halides is 3. The summed E-state index contributed by atoms with van der Waals surface area (Å²) in [6.45, 7) is 22.1. The van der Waals surface area contributed by atoms with Crippen molar-refractivity contribution in [3.63, 3.8) is 0 Å². The number of aryl methyl sites for hydroxylation is 4. The summed E-state index contributed by atoms with van der Waals surface area (Å²) in [6.07, 6.45) is 2.63. The molecule has 2 heterocycles. The molecule has 0 radical (unpaired) electrons. The quantitative estimate of drug-likeness (QED) is 0.0832. The molecule has 6 rings (SSSR count). The van der Waals surface area contributed by atoms with E-state index in [-0.39, 0.29) is 18.2 Å². The van der Waals surface area contributed by atoms with Crippen molar-refractivity contribution in [2.75, 3.05) is 13.2 Å². The fraction of sp³-hybridized carbons (Fsp3) is 0.596. The van der Waals surface area contributed by atoms with Crippen LogP contribution in [0.3, 0.4) is 0 Å². The molecule has 68 heavy (non-hydrogen) atoms. The molecule has 2 aromatic carbocycles. The number of oxazole rings is 2. The molecule has 13 nitrogen and oxygen atoms in total. The third-order valence-electron chi connectivity index (χ3n) is 11.7. The lowest BCUT2D eigenvalue weighted by Crippen LogP contribution is -2.42. The summed E-state index contributed by atoms with van der Waals surface area (Å²) in [5, 5.41) is 9.19. The monoisotopic (exact) mass is 957 g/mol. The van der Waals surface area contributed by atoms with Gasteiger partial charge in [-0.05, 0) is 151 Å². The van der Waals surface area contributed by atoms with Gasteiger partial charge in [-0.25, -0.2) is 19.6 Å². The zero-order chi connectivity index (χ0) is 50.5. The maximum atomic E-state index is 12.4. The highest BCUT2D eigenvalue weighted by Crippen LogP contribution is 2.32. The Hall–Kier alpha value is -4.90. The van der Waals surface area contributed by atoms with Crippen LogP contribution in [0.1, 0.15) is 134 Å². The lowest BCUT2D eigenvalue weighted by atomic mass is 9.87. The molecule has 2 aliphatic carbocycles. The van der Waals surface area contributed by atoms with E-state index < -0.39 is 35.2 Å². The molecule has 4 aromatic rings. The molecule has 16 heteroatoms. The van der Waals surface area contributed by atoms with Gasteiger partial charge < -0.3 is 37.6 Å². The first-order chi connectivity index (χ1) is 31.7. The van der Waals surface area contributed by atoms with Gasteiger partial charge in [0.05, 0.1) is 38.6 Å². The van der Waals surface area contributed by atoms with Crippen molar-refractivity contribution < 1.29 is 65.2 Å². The number of carboxylic acid groups (broad SMARTS) is 1. The van der Waals surface area contributed by atoms with Crippen LogP contribution in [-0.4, -0.2) is 81.7 Å². The Labute approximate surface area is 398 Å². The van der Waals surface area contributed by atoms with E-state index in [2.05, 4.69) is 35.9 Å². The Morgan fingerprint density at radius 2 is 1.04 bits per heavy atom. The SMILES string of the molecule is Cc1ccc(-c2nc(COC3CCCC(COC(C)(C)C(=O)O)C3)c(C)o2)cc1.Cc1ccc(-c2nc(COC3CCCC(COC(C)(C)C(=O)OC(C)(C)C)C3)c(C)o2)cc1.O=CC(F)(F)F. The van der Waals surface area contributed by atoms with E-state index in [1.54, 1.807) is 27.7 Å². The van der Waals surface area contributed by atoms with Gasteiger partial charge in [0.25, 0.3) is 0 Å². The zero-order valence-corrected chi connectivity index (χ0v) is 41.5. The summed E-state index contributed by atoms with van der Waals surface area (Å²) in [4.78, 5) is 41.6. The zero-order valence-electron chi connectivity index (χ0n) is 41.5. The van der Waals surface area contributed by atoms with E-state index in [0.717, 1.165) is 85.4 Å². The second kappa shape index (κ2) is 24.6. The average Bonchev–Trinajstić information content (AvgIpc) is 3.84. The van der Waals surface area contributed by atoms with Crippen LogP contribution in [0.25, 0.3) is 22.9 Å². The van der Waals surface area contributed by atoms with Gasteiger partial charge in [-0.3, -0.25) is 4.79 Å². The fourth-order valence-corrected chi connectivity index (χ4v) is 7.42. The molecule has 2 aromatic heterocycles. The minimum Gasteiger partial charge on any atom is -0.479 e. The van der Waals surface area contributed by atoms with Crippen molar-refractivity contribution >= 4 is 18.2 Å². The lowest BCUT2D eigenvalue weighted by Gasteiger charge is -2.33. The Bertz CT molecular complexity index is 2210. The molecule has 2 fully saturated rings. The molecule has 0 saturated heterocycles. The van der Waals surface area contributed by atoms with E-state index >= 15 is 0 Å². The molecule has 4 unspecified atom stereocenters. The van der Waals surface area contributed by atoms with Crippen LogP contribution in [0.15, 0.2) is 57.4 Å². The van der Waals surface area contributed by atoms with Crippen LogP contribution in [0.5, 0.6) is 0 Å². The molecule has 1 N–H and O–H groups in total. The number of aldehydes is 1. The number of hydrogen-bond acceptors (Lipinski definition) is 12. The molecule has 0 aliphatic heterocycles. The van der Waals surface area contributed by atoms with Crippen LogP contribution in [0.2, 0.25) is 0 Å².